The normalized spacial score (nSPS) is 19.4. The van der Waals surface area contributed by atoms with Gasteiger partial charge in [0.15, 0.2) is 0 Å². The topological polar surface area (TPSA) is 46.9 Å². The second kappa shape index (κ2) is 5.72. The van der Waals surface area contributed by atoms with E-state index in [2.05, 4.69) is 10.3 Å². The Bertz CT molecular complexity index is 693. The summed E-state index contributed by atoms with van der Waals surface area (Å²) in [7, 11) is 0. The van der Waals surface area contributed by atoms with Crippen LogP contribution in [0.5, 0.6) is 0 Å². The summed E-state index contributed by atoms with van der Waals surface area (Å²) in [5.74, 6) is 0. The molecular formula is C14H15Cl2N3O. The molecule has 1 saturated heterocycles. The van der Waals surface area contributed by atoms with Crippen molar-refractivity contribution >= 4 is 34.1 Å². The van der Waals surface area contributed by atoms with Gasteiger partial charge in [0.25, 0.3) is 5.56 Å². The largest absolute Gasteiger partial charge is 0.312 e. The minimum absolute atomic E-state index is 0.130. The van der Waals surface area contributed by atoms with Crippen molar-refractivity contribution < 1.29 is 0 Å². The van der Waals surface area contributed by atoms with Crippen molar-refractivity contribution in [1.29, 1.82) is 0 Å². The van der Waals surface area contributed by atoms with Gasteiger partial charge in [0.2, 0.25) is 5.28 Å². The summed E-state index contributed by atoms with van der Waals surface area (Å²) in [5.41, 5.74) is 0.451. The van der Waals surface area contributed by atoms with Gasteiger partial charge in [0, 0.05) is 17.6 Å². The number of halogens is 2. The number of fused-ring (bicyclic) bond motifs is 1. The van der Waals surface area contributed by atoms with Gasteiger partial charge in [-0.05, 0) is 49.2 Å². The Hall–Kier alpha value is -1.10. The van der Waals surface area contributed by atoms with E-state index < -0.39 is 0 Å². The molecule has 1 fully saturated rings. The molecule has 1 N–H and O–H groups in total. The van der Waals surface area contributed by atoms with E-state index in [4.69, 9.17) is 23.2 Å². The van der Waals surface area contributed by atoms with Crippen LogP contribution in [-0.4, -0.2) is 22.1 Å². The first-order valence-corrected chi connectivity index (χ1v) is 7.50. The van der Waals surface area contributed by atoms with Crippen LogP contribution in [0.3, 0.4) is 0 Å². The van der Waals surface area contributed by atoms with Crippen LogP contribution in [-0.2, 0) is 6.54 Å². The first-order chi connectivity index (χ1) is 9.65. The fourth-order valence-electron chi connectivity index (χ4n) is 2.62. The number of rotatable bonds is 2. The molecule has 2 heterocycles. The van der Waals surface area contributed by atoms with E-state index in [0.29, 0.717) is 22.5 Å². The van der Waals surface area contributed by atoms with Crippen LogP contribution in [0.2, 0.25) is 10.3 Å². The van der Waals surface area contributed by atoms with Gasteiger partial charge in [-0.2, -0.15) is 0 Å². The van der Waals surface area contributed by atoms with Crippen molar-refractivity contribution in [2.24, 2.45) is 0 Å². The summed E-state index contributed by atoms with van der Waals surface area (Å²) in [5, 5.41) is 4.68. The molecule has 1 aliphatic heterocycles. The Morgan fingerprint density at radius 1 is 1.35 bits per heavy atom. The first kappa shape index (κ1) is 13.9. The van der Waals surface area contributed by atoms with Crippen molar-refractivity contribution in [3.63, 3.8) is 0 Å². The Labute approximate surface area is 126 Å². The second-order valence-electron chi connectivity index (χ2n) is 5.10. The van der Waals surface area contributed by atoms with Crippen LogP contribution < -0.4 is 10.9 Å². The molecule has 3 rings (SSSR count). The monoisotopic (exact) mass is 311 g/mol. The molecule has 20 heavy (non-hydrogen) atoms. The van der Waals surface area contributed by atoms with E-state index in [-0.39, 0.29) is 16.9 Å². The molecule has 1 aromatic heterocycles. The summed E-state index contributed by atoms with van der Waals surface area (Å²) in [4.78, 5) is 16.8. The van der Waals surface area contributed by atoms with E-state index in [1.807, 2.05) is 0 Å². The predicted octanol–water partition coefficient (Wildman–Crippen LogP) is 2.85. The predicted molar refractivity (Wildman–Crippen MR) is 81.7 cm³/mol. The lowest BCUT2D eigenvalue weighted by Gasteiger charge is -2.24. The molecule has 0 radical (unpaired) electrons. The van der Waals surface area contributed by atoms with Gasteiger partial charge in [-0.25, -0.2) is 4.98 Å². The van der Waals surface area contributed by atoms with Crippen molar-refractivity contribution in [3.05, 3.63) is 38.9 Å². The molecule has 0 saturated carbocycles. The number of nitrogens with one attached hydrogen (secondary N) is 1. The molecule has 0 amide bonds. The minimum Gasteiger partial charge on any atom is -0.312 e. The highest BCUT2D eigenvalue weighted by Gasteiger charge is 2.17. The number of benzene rings is 1. The van der Waals surface area contributed by atoms with Gasteiger partial charge >= 0.3 is 0 Å². The first-order valence-electron chi connectivity index (χ1n) is 6.74. The molecule has 2 aromatic rings. The lowest BCUT2D eigenvalue weighted by Crippen LogP contribution is -2.40. The maximum absolute atomic E-state index is 12.5. The van der Waals surface area contributed by atoms with Crippen LogP contribution in [0.15, 0.2) is 23.0 Å². The summed E-state index contributed by atoms with van der Waals surface area (Å²) < 4.78 is 1.53. The molecule has 0 aliphatic carbocycles. The van der Waals surface area contributed by atoms with Gasteiger partial charge in [0.1, 0.15) is 0 Å². The Morgan fingerprint density at radius 2 is 2.20 bits per heavy atom. The van der Waals surface area contributed by atoms with Crippen LogP contribution in [0.25, 0.3) is 10.9 Å². The maximum atomic E-state index is 12.5. The van der Waals surface area contributed by atoms with Gasteiger partial charge in [0.05, 0.1) is 10.9 Å². The summed E-state index contributed by atoms with van der Waals surface area (Å²) >= 11 is 12.1. The summed E-state index contributed by atoms with van der Waals surface area (Å²) in [6.07, 6.45) is 3.41. The Balaban J connectivity index is 2.03. The number of piperidine rings is 1. The van der Waals surface area contributed by atoms with Gasteiger partial charge in [-0.1, -0.05) is 18.0 Å². The molecule has 0 bridgehead atoms. The lowest BCUT2D eigenvalue weighted by atomic mass is 10.1. The highest BCUT2D eigenvalue weighted by atomic mass is 35.5. The van der Waals surface area contributed by atoms with Crippen molar-refractivity contribution in [2.45, 2.75) is 31.8 Å². The summed E-state index contributed by atoms with van der Waals surface area (Å²) in [6, 6.07) is 5.35. The fraction of sp³-hybridized carbons (Fsp3) is 0.429. The zero-order valence-electron chi connectivity index (χ0n) is 10.9. The molecule has 0 spiro atoms. The molecule has 6 heteroatoms. The van der Waals surface area contributed by atoms with Crippen LogP contribution in [0, 0.1) is 0 Å². The van der Waals surface area contributed by atoms with Crippen LogP contribution >= 0.6 is 23.2 Å². The van der Waals surface area contributed by atoms with E-state index in [1.54, 1.807) is 18.2 Å². The third kappa shape index (κ3) is 2.68. The van der Waals surface area contributed by atoms with Crippen molar-refractivity contribution in [2.75, 3.05) is 6.54 Å². The van der Waals surface area contributed by atoms with E-state index in [0.717, 1.165) is 13.0 Å². The van der Waals surface area contributed by atoms with E-state index >= 15 is 0 Å². The third-order valence-electron chi connectivity index (χ3n) is 3.68. The quantitative estimate of drug-likeness (QED) is 0.868. The molecule has 1 aliphatic rings. The number of nitrogens with zero attached hydrogens (tertiary/aromatic N) is 2. The molecular weight excluding hydrogens is 297 g/mol. The fourth-order valence-corrected chi connectivity index (χ4v) is 3.03. The third-order valence-corrected chi connectivity index (χ3v) is 4.21. The molecule has 1 atom stereocenters. The Kier molecular flexibility index (Phi) is 3.96. The van der Waals surface area contributed by atoms with Crippen molar-refractivity contribution in [3.8, 4) is 0 Å². The standard InChI is InChI=1S/C14H15Cl2N3O/c15-9-4-5-12-11(7-9)13(20)19(14(16)18-12)8-10-3-1-2-6-17-10/h4-5,7,10,17H,1-3,6,8H2. The van der Waals surface area contributed by atoms with Gasteiger partial charge in [-0.15, -0.1) is 0 Å². The molecule has 4 nitrogen and oxygen atoms in total. The van der Waals surface area contributed by atoms with Crippen LogP contribution in [0.4, 0.5) is 0 Å². The van der Waals surface area contributed by atoms with Crippen molar-refractivity contribution in [1.82, 2.24) is 14.9 Å². The maximum Gasteiger partial charge on any atom is 0.262 e. The van der Waals surface area contributed by atoms with E-state index in [9.17, 15) is 4.79 Å². The number of aromatic nitrogens is 2. The Morgan fingerprint density at radius 3 is 2.95 bits per heavy atom. The highest BCUT2D eigenvalue weighted by molar-refractivity contribution is 6.31. The molecule has 1 aromatic carbocycles. The smallest absolute Gasteiger partial charge is 0.262 e. The average molecular weight is 312 g/mol. The summed E-state index contributed by atoms with van der Waals surface area (Å²) in [6.45, 7) is 1.54. The molecule has 106 valence electrons. The lowest BCUT2D eigenvalue weighted by molar-refractivity contribution is 0.359. The SMILES string of the molecule is O=c1c2cc(Cl)ccc2nc(Cl)n1CC1CCCCN1. The highest BCUT2D eigenvalue weighted by Crippen LogP contribution is 2.18. The zero-order chi connectivity index (χ0) is 14.1. The van der Waals surface area contributed by atoms with Gasteiger partial charge < -0.3 is 5.32 Å². The van der Waals surface area contributed by atoms with Gasteiger partial charge in [-0.3, -0.25) is 9.36 Å². The number of hydrogen-bond donors (Lipinski definition) is 1. The second-order valence-corrected chi connectivity index (χ2v) is 5.88. The molecule has 1 unspecified atom stereocenters. The number of hydrogen-bond acceptors (Lipinski definition) is 3. The average Bonchev–Trinajstić information content (AvgIpc) is 2.46. The minimum atomic E-state index is -0.130. The van der Waals surface area contributed by atoms with E-state index in [1.165, 1.54) is 17.4 Å². The zero-order valence-corrected chi connectivity index (χ0v) is 12.4. The van der Waals surface area contributed by atoms with Crippen LogP contribution in [0.1, 0.15) is 19.3 Å².